The van der Waals surface area contributed by atoms with Crippen molar-refractivity contribution in [3.8, 4) is 0 Å². The van der Waals surface area contributed by atoms with Gasteiger partial charge in [0.15, 0.2) is 0 Å². The van der Waals surface area contributed by atoms with Crippen molar-refractivity contribution in [1.29, 1.82) is 0 Å². The molecule has 1 aromatic rings. The SMILES string of the molecule is C/C(Cl)=C1/C(=O)N(S(=O)(=O)c2ccc(C)cc2)C[C@@H]1CCl. The Morgan fingerprint density at radius 2 is 1.90 bits per heavy atom. The van der Waals surface area contributed by atoms with Gasteiger partial charge in [-0.3, -0.25) is 4.79 Å². The molecule has 4 nitrogen and oxygen atoms in total. The summed E-state index contributed by atoms with van der Waals surface area (Å²) in [6.45, 7) is 3.45. The zero-order valence-electron chi connectivity index (χ0n) is 11.6. The summed E-state index contributed by atoms with van der Waals surface area (Å²) < 4.78 is 26.0. The third-order valence-corrected chi connectivity index (χ3v) is 5.76. The number of aryl methyl sites for hydroxylation is 1. The summed E-state index contributed by atoms with van der Waals surface area (Å²) >= 11 is 11.7. The fourth-order valence-corrected chi connectivity index (χ4v) is 4.20. The topological polar surface area (TPSA) is 54.5 Å². The van der Waals surface area contributed by atoms with E-state index in [1.165, 1.54) is 12.1 Å². The highest BCUT2D eigenvalue weighted by molar-refractivity contribution is 7.89. The Morgan fingerprint density at radius 1 is 1.33 bits per heavy atom. The van der Waals surface area contributed by atoms with Crippen molar-refractivity contribution in [2.75, 3.05) is 12.4 Å². The maximum Gasteiger partial charge on any atom is 0.266 e. The maximum absolute atomic E-state index is 12.6. The van der Waals surface area contributed by atoms with Gasteiger partial charge in [0.05, 0.1) is 4.90 Å². The van der Waals surface area contributed by atoms with Crippen LogP contribution in [0.3, 0.4) is 0 Å². The van der Waals surface area contributed by atoms with E-state index >= 15 is 0 Å². The number of benzene rings is 1. The number of sulfonamides is 1. The van der Waals surface area contributed by atoms with Crippen molar-refractivity contribution in [3.05, 3.63) is 40.4 Å². The molecule has 1 aliphatic heterocycles. The van der Waals surface area contributed by atoms with Crippen LogP contribution in [0.2, 0.25) is 0 Å². The first-order valence-corrected chi connectivity index (χ1v) is 8.70. The highest BCUT2D eigenvalue weighted by Crippen LogP contribution is 2.33. The lowest BCUT2D eigenvalue weighted by molar-refractivity contribution is -0.120. The predicted molar refractivity (Wildman–Crippen MR) is 82.8 cm³/mol. The molecule has 1 heterocycles. The van der Waals surface area contributed by atoms with Crippen molar-refractivity contribution < 1.29 is 13.2 Å². The van der Waals surface area contributed by atoms with Crippen molar-refractivity contribution in [2.45, 2.75) is 18.7 Å². The molecule has 114 valence electrons. The van der Waals surface area contributed by atoms with Crippen LogP contribution >= 0.6 is 23.2 Å². The molecule has 0 radical (unpaired) electrons. The lowest BCUT2D eigenvalue weighted by Crippen LogP contribution is -2.32. The van der Waals surface area contributed by atoms with Gasteiger partial charge in [0.2, 0.25) is 0 Å². The maximum atomic E-state index is 12.6. The Kier molecular flexibility index (Phi) is 4.66. The lowest BCUT2D eigenvalue weighted by Gasteiger charge is -2.16. The van der Waals surface area contributed by atoms with Crippen LogP contribution in [0.5, 0.6) is 0 Å². The molecule has 7 heteroatoms. The molecule has 1 aromatic carbocycles. The van der Waals surface area contributed by atoms with Gasteiger partial charge in [-0.2, -0.15) is 0 Å². The zero-order chi connectivity index (χ0) is 15.8. The van der Waals surface area contributed by atoms with Gasteiger partial charge in [0.25, 0.3) is 15.9 Å². The standard InChI is InChI=1S/C14H15Cl2NO3S/c1-9-3-5-12(6-4-9)21(19,20)17-8-11(7-15)13(10(2)16)14(17)18/h3-6,11H,7-8H2,1-2H3/b13-10-/t11-/m0/s1. The molecule has 1 atom stereocenters. The summed E-state index contributed by atoms with van der Waals surface area (Å²) in [5, 5.41) is 0.284. The van der Waals surface area contributed by atoms with Gasteiger partial charge in [-0.15, -0.1) is 11.6 Å². The monoisotopic (exact) mass is 347 g/mol. The summed E-state index contributed by atoms with van der Waals surface area (Å²) in [6, 6.07) is 6.36. The lowest BCUT2D eigenvalue weighted by atomic mass is 10.1. The summed E-state index contributed by atoms with van der Waals surface area (Å²) in [4.78, 5) is 12.4. The number of allylic oxidation sites excluding steroid dienone is 1. The number of halogens is 2. The molecule has 2 rings (SSSR count). The molecule has 0 saturated carbocycles. The fourth-order valence-electron chi connectivity index (χ4n) is 2.28. The largest absolute Gasteiger partial charge is 0.268 e. The molecule has 0 N–H and O–H groups in total. The third-order valence-electron chi connectivity index (χ3n) is 3.42. The van der Waals surface area contributed by atoms with Gasteiger partial charge in [-0.1, -0.05) is 29.3 Å². The number of carbonyl (C=O) groups excluding carboxylic acids is 1. The van der Waals surface area contributed by atoms with E-state index in [4.69, 9.17) is 23.2 Å². The average Bonchev–Trinajstić information content (AvgIpc) is 2.76. The number of nitrogens with zero attached hydrogens (tertiary/aromatic N) is 1. The van der Waals surface area contributed by atoms with Crippen molar-refractivity contribution >= 4 is 39.1 Å². The molecule has 0 bridgehead atoms. The van der Waals surface area contributed by atoms with Crippen LogP contribution < -0.4 is 0 Å². The Labute approximate surface area is 134 Å². The molecule has 1 fully saturated rings. The second-order valence-corrected chi connectivity index (χ2v) is 7.69. The van der Waals surface area contributed by atoms with Crippen molar-refractivity contribution in [1.82, 2.24) is 4.31 Å². The minimum Gasteiger partial charge on any atom is -0.268 e. The fraction of sp³-hybridized carbons (Fsp3) is 0.357. The van der Waals surface area contributed by atoms with E-state index in [1.807, 2.05) is 6.92 Å². The van der Waals surface area contributed by atoms with Crippen molar-refractivity contribution in [3.63, 3.8) is 0 Å². The van der Waals surface area contributed by atoms with E-state index in [-0.39, 0.29) is 33.8 Å². The molecular weight excluding hydrogens is 333 g/mol. The minimum atomic E-state index is -3.88. The molecule has 1 amide bonds. The van der Waals surface area contributed by atoms with Gasteiger partial charge < -0.3 is 0 Å². The number of alkyl halides is 1. The van der Waals surface area contributed by atoms with E-state index in [0.717, 1.165) is 9.87 Å². The number of carbonyl (C=O) groups is 1. The van der Waals surface area contributed by atoms with Crippen LogP contribution in [0.4, 0.5) is 0 Å². The van der Waals surface area contributed by atoms with Gasteiger partial charge in [0.1, 0.15) is 0 Å². The first-order valence-electron chi connectivity index (χ1n) is 6.35. The summed E-state index contributed by atoms with van der Waals surface area (Å²) in [5.41, 5.74) is 1.22. The highest BCUT2D eigenvalue weighted by Gasteiger charge is 2.42. The molecule has 0 aliphatic carbocycles. The first kappa shape index (κ1) is 16.3. The molecule has 1 aliphatic rings. The summed E-state index contributed by atoms with van der Waals surface area (Å²) in [6.07, 6.45) is 0. The van der Waals surface area contributed by atoms with Gasteiger partial charge in [0, 0.05) is 28.9 Å². The molecule has 1 saturated heterocycles. The van der Waals surface area contributed by atoms with E-state index in [9.17, 15) is 13.2 Å². The number of hydrogen-bond donors (Lipinski definition) is 0. The molecule has 0 unspecified atom stereocenters. The Hall–Kier alpha value is -1.04. The zero-order valence-corrected chi connectivity index (χ0v) is 14.0. The van der Waals surface area contributed by atoms with Crippen molar-refractivity contribution in [2.24, 2.45) is 5.92 Å². The van der Waals surface area contributed by atoms with E-state index in [2.05, 4.69) is 0 Å². The molecular formula is C14H15Cl2NO3S. The first-order chi connectivity index (χ1) is 9.78. The third kappa shape index (κ3) is 2.96. The smallest absolute Gasteiger partial charge is 0.266 e. The Morgan fingerprint density at radius 3 is 2.33 bits per heavy atom. The second kappa shape index (κ2) is 5.99. The van der Waals surface area contributed by atoms with Crippen LogP contribution in [0.25, 0.3) is 0 Å². The molecule has 21 heavy (non-hydrogen) atoms. The summed E-state index contributed by atoms with van der Waals surface area (Å²) in [5.74, 6) is -0.823. The normalized spacial score (nSPS) is 21.8. The Bertz CT molecular complexity index is 691. The molecule has 0 spiro atoms. The van der Waals surface area contributed by atoms with Crippen LogP contribution in [0.15, 0.2) is 39.8 Å². The number of hydrogen-bond acceptors (Lipinski definition) is 3. The van der Waals surface area contributed by atoms with E-state index < -0.39 is 15.9 Å². The predicted octanol–water partition coefficient (Wildman–Crippen LogP) is 2.89. The highest BCUT2D eigenvalue weighted by atomic mass is 35.5. The van der Waals surface area contributed by atoms with Crippen LogP contribution in [0.1, 0.15) is 12.5 Å². The van der Waals surface area contributed by atoms with Crippen LogP contribution in [-0.4, -0.2) is 31.1 Å². The minimum absolute atomic E-state index is 0.0257. The molecule has 0 aromatic heterocycles. The van der Waals surface area contributed by atoms with Crippen LogP contribution in [0, 0.1) is 12.8 Å². The van der Waals surface area contributed by atoms with E-state index in [0.29, 0.717) is 0 Å². The van der Waals surface area contributed by atoms with Gasteiger partial charge in [-0.05, 0) is 26.0 Å². The number of amides is 1. The Balaban J connectivity index is 2.45. The number of rotatable bonds is 3. The van der Waals surface area contributed by atoms with Gasteiger partial charge in [-0.25, -0.2) is 12.7 Å². The second-order valence-electron chi connectivity index (χ2n) is 4.95. The van der Waals surface area contributed by atoms with E-state index in [1.54, 1.807) is 19.1 Å². The quantitative estimate of drug-likeness (QED) is 0.623. The summed E-state index contributed by atoms with van der Waals surface area (Å²) in [7, 11) is -3.88. The van der Waals surface area contributed by atoms with Crippen LogP contribution in [-0.2, 0) is 14.8 Å². The van der Waals surface area contributed by atoms with Gasteiger partial charge >= 0.3 is 0 Å². The average molecular weight is 348 g/mol.